The van der Waals surface area contributed by atoms with E-state index in [1.165, 1.54) is 4.90 Å². The number of nitrogens with one attached hydrogen (secondary N) is 1. The molecular formula is C32H43F2N5O4. The molecule has 0 radical (unpaired) electrons. The number of amides is 4. The van der Waals surface area contributed by atoms with E-state index in [1.807, 2.05) is 26.8 Å². The minimum Gasteiger partial charge on any atom is -0.444 e. The first-order valence-corrected chi connectivity index (χ1v) is 15.7. The zero-order valence-electron chi connectivity index (χ0n) is 25.5. The lowest BCUT2D eigenvalue weighted by Crippen LogP contribution is -2.51. The van der Waals surface area contributed by atoms with Gasteiger partial charge in [-0.2, -0.15) is 0 Å². The molecule has 1 saturated carbocycles. The van der Waals surface area contributed by atoms with E-state index >= 15 is 8.78 Å². The normalized spacial score (nSPS) is 22.5. The number of hydrogen-bond acceptors (Lipinski definition) is 5. The van der Waals surface area contributed by atoms with Crippen LogP contribution in [0.25, 0.3) is 10.9 Å². The Balaban J connectivity index is 1.13. The van der Waals surface area contributed by atoms with Gasteiger partial charge in [0.25, 0.3) is 0 Å². The Morgan fingerprint density at radius 1 is 1.05 bits per heavy atom. The van der Waals surface area contributed by atoms with E-state index in [0.717, 1.165) is 56.1 Å². The number of urea groups is 1. The van der Waals surface area contributed by atoms with E-state index < -0.39 is 23.1 Å². The van der Waals surface area contributed by atoms with E-state index in [1.54, 1.807) is 11.0 Å². The molecule has 3 saturated heterocycles. The number of ether oxygens (including phenoxy) is 1. The Kier molecular flexibility index (Phi) is 7.89. The lowest BCUT2D eigenvalue weighted by Gasteiger charge is -2.41. The molecule has 9 nitrogen and oxygen atoms in total. The quantitative estimate of drug-likeness (QED) is 0.465. The molecule has 43 heavy (non-hydrogen) atoms. The van der Waals surface area contributed by atoms with Crippen molar-refractivity contribution in [3.63, 3.8) is 0 Å². The van der Waals surface area contributed by atoms with E-state index in [-0.39, 0.29) is 42.6 Å². The Hall–Kier alpha value is -3.21. The van der Waals surface area contributed by atoms with Crippen LogP contribution in [0.4, 0.5) is 24.1 Å². The predicted molar refractivity (Wildman–Crippen MR) is 160 cm³/mol. The molecule has 1 aromatic heterocycles. The molecule has 234 valence electrons. The molecular weight excluding hydrogens is 556 g/mol. The molecule has 4 aliphatic rings. The molecule has 4 fully saturated rings. The Morgan fingerprint density at radius 3 is 2.35 bits per heavy atom. The van der Waals surface area contributed by atoms with Crippen LogP contribution in [0.3, 0.4) is 0 Å². The smallest absolute Gasteiger partial charge is 0.410 e. The molecule has 4 heterocycles. The first-order chi connectivity index (χ1) is 20.4. The third kappa shape index (κ3) is 6.10. The highest BCUT2D eigenvalue weighted by atomic mass is 19.1. The highest BCUT2D eigenvalue weighted by molar-refractivity contribution is 6.06. The Labute approximate surface area is 251 Å². The number of fused-ring (bicyclic) bond motifs is 1. The summed E-state index contributed by atoms with van der Waals surface area (Å²) in [5.41, 5.74) is -0.0653. The van der Waals surface area contributed by atoms with Gasteiger partial charge in [0.05, 0.1) is 11.2 Å². The standard InChI is InChI=1S/C32H43F2N5O4/c1-31(2,3)43-30(42)37-17-12-32(34,13-18-37)20-36-14-9-21(10-15-36)24-19-39(22-5-4-6-22)28-23(24)7-8-25(27(28)33)38-16-11-26(40)35-29(38)41/h7-8,19,21-22H,4-6,9-18,20H2,1-3H3,(H,35,40,41). The molecule has 4 amide bonds. The van der Waals surface area contributed by atoms with Crippen molar-refractivity contribution in [1.82, 2.24) is 19.7 Å². The summed E-state index contributed by atoms with van der Waals surface area (Å²) in [6.07, 6.45) is 7.27. The van der Waals surface area contributed by atoms with Gasteiger partial charge in [-0.25, -0.2) is 18.4 Å². The maximum atomic E-state index is 16.2. The summed E-state index contributed by atoms with van der Waals surface area (Å²) in [6.45, 7) is 8.21. The summed E-state index contributed by atoms with van der Waals surface area (Å²) in [5, 5.41) is 3.16. The third-order valence-electron chi connectivity index (χ3n) is 9.60. The van der Waals surface area contributed by atoms with Crippen molar-refractivity contribution >= 4 is 34.6 Å². The van der Waals surface area contributed by atoms with Crippen LogP contribution in [0.2, 0.25) is 0 Å². The average Bonchev–Trinajstić information content (AvgIpc) is 3.28. The molecule has 0 unspecified atom stereocenters. The van der Waals surface area contributed by atoms with Crippen LogP contribution in [0, 0.1) is 5.82 Å². The number of nitrogens with zero attached hydrogens (tertiary/aromatic N) is 4. The van der Waals surface area contributed by atoms with Gasteiger partial charge >= 0.3 is 12.1 Å². The lowest BCUT2D eigenvalue weighted by atomic mass is 9.87. The molecule has 1 N–H and O–H groups in total. The van der Waals surface area contributed by atoms with Gasteiger partial charge in [-0.3, -0.25) is 15.0 Å². The van der Waals surface area contributed by atoms with Gasteiger partial charge in [0.1, 0.15) is 11.3 Å². The van der Waals surface area contributed by atoms with Crippen LogP contribution in [-0.4, -0.2) is 82.9 Å². The first-order valence-electron chi connectivity index (χ1n) is 15.7. The fraction of sp³-hybridized carbons (Fsp3) is 0.656. The third-order valence-corrected chi connectivity index (χ3v) is 9.60. The number of anilines is 1. The number of carbonyl (C=O) groups is 3. The van der Waals surface area contributed by atoms with Crippen LogP contribution >= 0.6 is 0 Å². The SMILES string of the molecule is CC(C)(C)OC(=O)N1CCC(F)(CN2CCC(c3cn(C4CCC4)c4c(F)c(N5CCC(=O)NC5=O)ccc34)CC2)CC1. The summed E-state index contributed by atoms with van der Waals surface area (Å²) in [4.78, 5) is 41.7. The number of likely N-dealkylation sites (tertiary alicyclic amines) is 2. The fourth-order valence-corrected chi connectivity index (χ4v) is 6.98. The summed E-state index contributed by atoms with van der Waals surface area (Å²) in [6, 6.07) is 3.22. The van der Waals surface area contributed by atoms with Crippen molar-refractivity contribution in [2.75, 3.05) is 44.2 Å². The summed E-state index contributed by atoms with van der Waals surface area (Å²) >= 11 is 0. The summed E-state index contributed by atoms with van der Waals surface area (Å²) < 4.78 is 39.6. The summed E-state index contributed by atoms with van der Waals surface area (Å²) in [5.74, 6) is -0.542. The van der Waals surface area contributed by atoms with E-state index in [2.05, 4.69) is 21.0 Å². The molecule has 1 aromatic carbocycles. The van der Waals surface area contributed by atoms with Gasteiger partial charge in [0.2, 0.25) is 5.91 Å². The molecule has 0 bridgehead atoms. The number of aromatic nitrogens is 1. The van der Waals surface area contributed by atoms with Crippen LogP contribution in [-0.2, 0) is 9.53 Å². The number of benzene rings is 1. The fourth-order valence-electron chi connectivity index (χ4n) is 6.98. The highest BCUT2D eigenvalue weighted by Gasteiger charge is 2.40. The van der Waals surface area contributed by atoms with Crippen molar-refractivity contribution in [3.8, 4) is 0 Å². The molecule has 0 atom stereocenters. The summed E-state index contributed by atoms with van der Waals surface area (Å²) in [7, 11) is 0. The van der Waals surface area contributed by atoms with Gasteiger partial charge in [-0.05, 0) is 83.5 Å². The maximum Gasteiger partial charge on any atom is 0.410 e. The van der Waals surface area contributed by atoms with Gasteiger partial charge in [-0.15, -0.1) is 0 Å². The molecule has 0 spiro atoms. The number of carbonyl (C=O) groups excluding carboxylic acids is 3. The van der Waals surface area contributed by atoms with E-state index in [0.29, 0.717) is 38.0 Å². The topological polar surface area (TPSA) is 87.1 Å². The van der Waals surface area contributed by atoms with Crippen molar-refractivity contribution < 1.29 is 27.9 Å². The van der Waals surface area contributed by atoms with Crippen molar-refractivity contribution in [2.45, 2.75) is 95.4 Å². The number of imide groups is 1. The monoisotopic (exact) mass is 599 g/mol. The average molecular weight is 600 g/mol. The van der Waals surface area contributed by atoms with Gasteiger partial charge in [0.15, 0.2) is 5.82 Å². The second-order valence-corrected chi connectivity index (χ2v) is 13.8. The van der Waals surface area contributed by atoms with Crippen LogP contribution in [0.1, 0.15) is 89.7 Å². The second kappa shape index (κ2) is 11.4. The van der Waals surface area contributed by atoms with Gasteiger partial charge in [-0.1, -0.05) is 6.07 Å². The first kappa shape index (κ1) is 29.8. The lowest BCUT2D eigenvalue weighted by molar-refractivity contribution is -0.120. The zero-order valence-corrected chi connectivity index (χ0v) is 25.5. The minimum absolute atomic E-state index is 0.138. The van der Waals surface area contributed by atoms with Crippen LogP contribution in [0.15, 0.2) is 18.3 Å². The second-order valence-electron chi connectivity index (χ2n) is 13.8. The van der Waals surface area contributed by atoms with Crippen molar-refractivity contribution in [3.05, 3.63) is 29.7 Å². The van der Waals surface area contributed by atoms with Crippen LogP contribution in [0.5, 0.6) is 0 Å². The highest BCUT2D eigenvalue weighted by Crippen LogP contribution is 2.43. The molecule has 3 aliphatic heterocycles. The van der Waals surface area contributed by atoms with Crippen molar-refractivity contribution in [1.29, 1.82) is 0 Å². The van der Waals surface area contributed by atoms with Gasteiger partial charge in [0, 0.05) is 63.1 Å². The van der Waals surface area contributed by atoms with E-state index in [4.69, 9.17) is 4.74 Å². The Bertz CT molecular complexity index is 1400. The largest absolute Gasteiger partial charge is 0.444 e. The predicted octanol–water partition coefficient (Wildman–Crippen LogP) is 5.87. The molecule has 2 aromatic rings. The molecule has 1 aliphatic carbocycles. The van der Waals surface area contributed by atoms with Gasteiger partial charge < -0.3 is 19.1 Å². The molecule has 11 heteroatoms. The maximum absolute atomic E-state index is 16.2. The van der Waals surface area contributed by atoms with Crippen molar-refractivity contribution in [2.24, 2.45) is 0 Å². The van der Waals surface area contributed by atoms with E-state index in [9.17, 15) is 14.4 Å². The Morgan fingerprint density at radius 2 is 1.74 bits per heavy atom. The number of hydrogen-bond donors (Lipinski definition) is 1. The number of halogens is 2. The number of rotatable bonds is 5. The molecule has 6 rings (SSSR count). The minimum atomic E-state index is -1.34. The van der Waals surface area contributed by atoms with Crippen LogP contribution < -0.4 is 10.2 Å². The number of alkyl halides is 1. The zero-order chi connectivity index (χ0) is 30.5. The number of piperidine rings is 2.